The van der Waals surface area contributed by atoms with E-state index in [9.17, 15) is 0 Å². The van der Waals surface area contributed by atoms with Crippen LogP contribution in [0.25, 0.3) is 33.1 Å². The minimum absolute atomic E-state index is 0.888. The van der Waals surface area contributed by atoms with Crippen LogP contribution in [0.15, 0.2) is 48.9 Å². The van der Waals surface area contributed by atoms with Gasteiger partial charge in [-0.15, -0.1) is 0 Å². The van der Waals surface area contributed by atoms with Crippen LogP contribution in [-0.4, -0.2) is 20.2 Å². The number of aromatic amines is 1. The number of rotatable bonds is 1. The molecule has 4 heteroatoms. The number of aryl methyl sites for hydroxylation is 1. The van der Waals surface area contributed by atoms with Gasteiger partial charge in [-0.05, 0) is 24.6 Å². The lowest BCUT2D eigenvalue weighted by molar-refractivity contribution is 1.12. The second-order valence-corrected chi connectivity index (χ2v) is 4.82. The lowest BCUT2D eigenvalue weighted by Crippen LogP contribution is -1.90. The van der Waals surface area contributed by atoms with Gasteiger partial charge in [0.2, 0.25) is 0 Å². The van der Waals surface area contributed by atoms with E-state index < -0.39 is 0 Å². The highest BCUT2D eigenvalue weighted by Gasteiger charge is 2.12. The lowest BCUT2D eigenvalue weighted by atomic mass is 10.0. The summed E-state index contributed by atoms with van der Waals surface area (Å²) in [4.78, 5) is 8.83. The Kier molecular flexibility index (Phi) is 2.29. The topological polar surface area (TPSA) is 54.5 Å². The van der Waals surface area contributed by atoms with Crippen molar-refractivity contribution in [2.45, 2.75) is 6.92 Å². The molecular formula is C16H12N4. The number of aromatic nitrogens is 4. The lowest BCUT2D eigenvalue weighted by Gasteiger charge is -2.09. The predicted octanol–water partition coefficient (Wildman–Crippen LogP) is 3.48. The number of fused-ring (bicyclic) bond motifs is 3. The molecule has 96 valence electrons. The zero-order valence-corrected chi connectivity index (χ0v) is 11.0. The van der Waals surface area contributed by atoms with Crippen LogP contribution in [0.1, 0.15) is 5.56 Å². The number of hydrogen-bond acceptors (Lipinski definition) is 3. The van der Waals surface area contributed by atoms with E-state index in [4.69, 9.17) is 4.98 Å². The third kappa shape index (κ3) is 1.51. The first kappa shape index (κ1) is 11.1. The van der Waals surface area contributed by atoms with Crippen LogP contribution in [0.5, 0.6) is 0 Å². The van der Waals surface area contributed by atoms with Crippen LogP contribution in [0.3, 0.4) is 0 Å². The molecule has 0 fully saturated rings. The highest BCUT2D eigenvalue weighted by atomic mass is 15.1. The highest BCUT2D eigenvalue weighted by molar-refractivity contribution is 6.10. The van der Waals surface area contributed by atoms with Gasteiger partial charge in [0.15, 0.2) is 0 Å². The van der Waals surface area contributed by atoms with E-state index in [2.05, 4.69) is 40.3 Å². The van der Waals surface area contributed by atoms with E-state index in [0.717, 1.165) is 27.7 Å². The van der Waals surface area contributed by atoms with Crippen LogP contribution < -0.4 is 0 Å². The minimum Gasteiger partial charge on any atom is -0.276 e. The highest BCUT2D eigenvalue weighted by Crippen LogP contribution is 2.32. The molecule has 4 rings (SSSR count). The molecule has 0 aliphatic heterocycles. The normalized spacial score (nSPS) is 11.2. The first-order valence-electron chi connectivity index (χ1n) is 6.47. The number of pyridine rings is 2. The van der Waals surface area contributed by atoms with Crippen molar-refractivity contribution in [1.29, 1.82) is 0 Å². The summed E-state index contributed by atoms with van der Waals surface area (Å²) in [6, 6.07) is 10.2. The average Bonchev–Trinajstić information content (AvgIpc) is 2.95. The van der Waals surface area contributed by atoms with Crippen molar-refractivity contribution in [3.8, 4) is 11.3 Å². The van der Waals surface area contributed by atoms with Gasteiger partial charge in [-0.1, -0.05) is 18.2 Å². The molecule has 0 saturated carbocycles. The van der Waals surface area contributed by atoms with Crippen molar-refractivity contribution in [2.24, 2.45) is 0 Å². The van der Waals surface area contributed by atoms with E-state index in [1.54, 1.807) is 18.6 Å². The van der Waals surface area contributed by atoms with E-state index in [1.165, 1.54) is 10.9 Å². The first-order valence-corrected chi connectivity index (χ1v) is 6.47. The van der Waals surface area contributed by atoms with E-state index in [1.807, 2.05) is 12.1 Å². The molecule has 0 saturated heterocycles. The minimum atomic E-state index is 0.888. The number of hydrogen-bond donors (Lipinski definition) is 1. The van der Waals surface area contributed by atoms with Crippen LogP contribution in [0.2, 0.25) is 0 Å². The maximum atomic E-state index is 4.75. The van der Waals surface area contributed by atoms with Gasteiger partial charge in [0.1, 0.15) is 5.52 Å². The molecule has 4 nitrogen and oxygen atoms in total. The number of H-pyrrole nitrogens is 1. The molecule has 4 aromatic rings. The first-order chi connectivity index (χ1) is 9.84. The van der Waals surface area contributed by atoms with Crippen molar-refractivity contribution >= 4 is 21.8 Å². The molecule has 0 aliphatic rings. The van der Waals surface area contributed by atoms with Gasteiger partial charge in [-0.2, -0.15) is 5.10 Å². The van der Waals surface area contributed by atoms with Gasteiger partial charge in [0.05, 0.1) is 17.4 Å². The summed E-state index contributed by atoms with van der Waals surface area (Å²) in [5.74, 6) is 0. The Morgan fingerprint density at radius 1 is 1.05 bits per heavy atom. The second-order valence-electron chi connectivity index (χ2n) is 4.82. The van der Waals surface area contributed by atoms with Gasteiger partial charge < -0.3 is 0 Å². The van der Waals surface area contributed by atoms with Gasteiger partial charge >= 0.3 is 0 Å². The average molecular weight is 260 g/mol. The standard InChI is InChI=1S/C16H12N4/c1-10-3-2-4-12-14(10)16-13(9-18-20-16)19-15(12)11-5-7-17-8-6-11/h2-9H,1H3,(H,18,20). The van der Waals surface area contributed by atoms with Crippen molar-refractivity contribution in [3.63, 3.8) is 0 Å². The summed E-state index contributed by atoms with van der Waals surface area (Å²) in [7, 11) is 0. The molecular weight excluding hydrogens is 248 g/mol. The Morgan fingerprint density at radius 3 is 2.75 bits per heavy atom. The Bertz CT molecular complexity index is 910. The molecule has 1 aromatic carbocycles. The fraction of sp³-hybridized carbons (Fsp3) is 0.0625. The van der Waals surface area contributed by atoms with Crippen molar-refractivity contribution in [3.05, 3.63) is 54.5 Å². The summed E-state index contributed by atoms with van der Waals surface area (Å²) >= 11 is 0. The summed E-state index contributed by atoms with van der Waals surface area (Å²) in [5, 5.41) is 9.50. The van der Waals surface area contributed by atoms with Crippen molar-refractivity contribution < 1.29 is 0 Å². The van der Waals surface area contributed by atoms with Gasteiger partial charge in [0.25, 0.3) is 0 Å². The predicted molar refractivity (Wildman–Crippen MR) is 79.4 cm³/mol. The smallest absolute Gasteiger partial charge is 0.109 e. The summed E-state index contributed by atoms with van der Waals surface area (Å²) < 4.78 is 0. The van der Waals surface area contributed by atoms with Gasteiger partial charge in [-0.3, -0.25) is 10.1 Å². The molecule has 20 heavy (non-hydrogen) atoms. The Hall–Kier alpha value is -2.75. The van der Waals surface area contributed by atoms with Crippen LogP contribution in [0.4, 0.5) is 0 Å². The Morgan fingerprint density at radius 2 is 1.90 bits per heavy atom. The van der Waals surface area contributed by atoms with Crippen LogP contribution in [0, 0.1) is 6.92 Å². The van der Waals surface area contributed by atoms with Crippen LogP contribution in [-0.2, 0) is 0 Å². The molecule has 3 heterocycles. The van der Waals surface area contributed by atoms with E-state index in [0.29, 0.717) is 0 Å². The third-order valence-electron chi connectivity index (χ3n) is 3.58. The number of nitrogens with one attached hydrogen (secondary N) is 1. The van der Waals surface area contributed by atoms with Crippen molar-refractivity contribution in [2.75, 3.05) is 0 Å². The van der Waals surface area contributed by atoms with E-state index >= 15 is 0 Å². The van der Waals surface area contributed by atoms with Gasteiger partial charge in [0, 0.05) is 28.7 Å². The summed E-state index contributed by atoms with van der Waals surface area (Å²) in [6.07, 6.45) is 5.35. The Labute approximate surface area is 115 Å². The molecule has 0 bridgehead atoms. The largest absolute Gasteiger partial charge is 0.276 e. The monoisotopic (exact) mass is 260 g/mol. The van der Waals surface area contributed by atoms with Crippen LogP contribution >= 0.6 is 0 Å². The zero-order valence-electron chi connectivity index (χ0n) is 11.0. The molecule has 1 N–H and O–H groups in total. The second kappa shape index (κ2) is 4.13. The number of benzene rings is 1. The maximum absolute atomic E-state index is 4.75. The Balaban J connectivity index is 2.22. The summed E-state index contributed by atoms with van der Waals surface area (Å²) in [5.41, 5.74) is 5.14. The summed E-state index contributed by atoms with van der Waals surface area (Å²) in [6.45, 7) is 2.11. The zero-order chi connectivity index (χ0) is 13.5. The molecule has 3 aromatic heterocycles. The third-order valence-corrected chi connectivity index (χ3v) is 3.58. The molecule has 0 spiro atoms. The fourth-order valence-corrected chi connectivity index (χ4v) is 2.66. The molecule has 0 radical (unpaired) electrons. The SMILES string of the molecule is Cc1cccc2c(-c3ccncc3)nc3cn[nH]c3c12. The van der Waals surface area contributed by atoms with E-state index in [-0.39, 0.29) is 0 Å². The molecule has 0 atom stereocenters. The molecule has 0 amide bonds. The number of nitrogens with zero attached hydrogens (tertiary/aromatic N) is 3. The maximum Gasteiger partial charge on any atom is 0.109 e. The molecule has 0 unspecified atom stereocenters. The van der Waals surface area contributed by atoms with Crippen molar-refractivity contribution in [1.82, 2.24) is 20.2 Å². The molecule has 0 aliphatic carbocycles. The fourth-order valence-electron chi connectivity index (χ4n) is 2.66. The quantitative estimate of drug-likeness (QED) is 0.570. The van der Waals surface area contributed by atoms with Gasteiger partial charge in [-0.25, -0.2) is 4.98 Å².